The molecular formula is C13H14N4O2S. The number of nitrogens with one attached hydrogen (secondary N) is 1. The summed E-state index contributed by atoms with van der Waals surface area (Å²) in [5.41, 5.74) is 0.00820. The minimum absolute atomic E-state index is 0.00820. The molecule has 0 fully saturated rings. The van der Waals surface area contributed by atoms with Crippen molar-refractivity contribution in [2.75, 3.05) is 11.9 Å². The molecule has 0 amide bonds. The summed E-state index contributed by atoms with van der Waals surface area (Å²) in [6, 6.07) is 6.70. The highest BCUT2D eigenvalue weighted by atomic mass is 32.2. The van der Waals surface area contributed by atoms with Gasteiger partial charge in [-0.05, 0) is 24.6 Å². The minimum Gasteiger partial charge on any atom is -0.370 e. The van der Waals surface area contributed by atoms with Gasteiger partial charge in [-0.25, -0.2) is 4.98 Å². The highest BCUT2D eigenvalue weighted by Gasteiger charge is 2.17. The minimum atomic E-state index is -0.417. The lowest BCUT2D eigenvalue weighted by atomic mass is 10.4. The molecule has 0 aliphatic carbocycles. The van der Waals surface area contributed by atoms with E-state index in [2.05, 4.69) is 15.3 Å². The van der Waals surface area contributed by atoms with Gasteiger partial charge in [0, 0.05) is 29.9 Å². The van der Waals surface area contributed by atoms with Gasteiger partial charge < -0.3 is 5.32 Å². The third-order valence-electron chi connectivity index (χ3n) is 2.46. The predicted octanol–water partition coefficient (Wildman–Crippen LogP) is 3.36. The molecule has 6 nitrogen and oxygen atoms in total. The van der Waals surface area contributed by atoms with Crippen LogP contribution in [-0.4, -0.2) is 21.4 Å². The van der Waals surface area contributed by atoms with E-state index in [1.165, 1.54) is 17.8 Å². The molecule has 0 saturated heterocycles. The van der Waals surface area contributed by atoms with E-state index in [1.807, 2.05) is 6.92 Å². The molecule has 2 aromatic heterocycles. The Labute approximate surface area is 120 Å². The Balaban J connectivity index is 2.29. The Kier molecular flexibility index (Phi) is 4.89. The zero-order chi connectivity index (χ0) is 14.4. The molecule has 0 bridgehead atoms. The number of pyridine rings is 2. The predicted molar refractivity (Wildman–Crippen MR) is 78.0 cm³/mol. The van der Waals surface area contributed by atoms with Crippen molar-refractivity contribution >= 4 is 23.3 Å². The smallest absolute Gasteiger partial charge is 0.301 e. The molecule has 20 heavy (non-hydrogen) atoms. The third kappa shape index (κ3) is 3.67. The summed E-state index contributed by atoms with van der Waals surface area (Å²) >= 11 is 1.26. The zero-order valence-corrected chi connectivity index (χ0v) is 11.8. The number of rotatable bonds is 6. The average molecular weight is 290 g/mol. The Morgan fingerprint density at radius 1 is 1.30 bits per heavy atom. The summed E-state index contributed by atoms with van der Waals surface area (Å²) in [7, 11) is 0. The number of anilines is 1. The number of aromatic nitrogens is 2. The van der Waals surface area contributed by atoms with Crippen LogP contribution in [0.2, 0.25) is 0 Å². The number of hydrogen-bond acceptors (Lipinski definition) is 6. The van der Waals surface area contributed by atoms with Gasteiger partial charge in [0.15, 0.2) is 5.03 Å². The average Bonchev–Trinajstić information content (AvgIpc) is 2.46. The number of nitro groups is 1. The fourth-order valence-corrected chi connectivity index (χ4v) is 2.39. The Morgan fingerprint density at radius 2 is 2.05 bits per heavy atom. The molecule has 0 spiro atoms. The normalized spacial score (nSPS) is 10.2. The first kappa shape index (κ1) is 14.3. The van der Waals surface area contributed by atoms with Crippen molar-refractivity contribution in [2.45, 2.75) is 23.3 Å². The van der Waals surface area contributed by atoms with Crippen LogP contribution in [0.25, 0.3) is 0 Å². The first-order chi connectivity index (χ1) is 9.70. The third-order valence-corrected chi connectivity index (χ3v) is 3.46. The summed E-state index contributed by atoms with van der Waals surface area (Å²) in [5, 5.41) is 14.6. The number of hydrogen-bond donors (Lipinski definition) is 1. The summed E-state index contributed by atoms with van der Waals surface area (Å²) in [6.45, 7) is 2.83. The van der Waals surface area contributed by atoms with E-state index in [9.17, 15) is 10.1 Å². The van der Waals surface area contributed by atoms with Crippen molar-refractivity contribution < 1.29 is 4.92 Å². The van der Waals surface area contributed by atoms with Gasteiger partial charge in [-0.3, -0.25) is 15.1 Å². The van der Waals surface area contributed by atoms with Crippen molar-refractivity contribution in [2.24, 2.45) is 0 Å². The lowest BCUT2D eigenvalue weighted by molar-refractivity contribution is -0.388. The van der Waals surface area contributed by atoms with E-state index in [1.54, 1.807) is 30.6 Å². The Morgan fingerprint density at radius 3 is 2.70 bits per heavy atom. The van der Waals surface area contributed by atoms with E-state index < -0.39 is 4.92 Å². The van der Waals surface area contributed by atoms with Gasteiger partial charge in [0.25, 0.3) is 0 Å². The zero-order valence-electron chi connectivity index (χ0n) is 10.9. The van der Waals surface area contributed by atoms with Crippen LogP contribution in [0.15, 0.2) is 46.6 Å². The molecule has 1 N–H and O–H groups in total. The van der Waals surface area contributed by atoms with Gasteiger partial charge in [-0.2, -0.15) is 0 Å². The topological polar surface area (TPSA) is 81.0 Å². The molecule has 0 aromatic carbocycles. The standard InChI is InChI=1S/C13H14N4O2S/c1-2-7-15-12-4-3-11(17(18)19)13(16-12)20-10-5-8-14-9-6-10/h3-6,8-9H,2,7H2,1H3,(H,15,16). The second-order valence-corrected chi connectivity index (χ2v) is 5.05. The van der Waals surface area contributed by atoms with Gasteiger partial charge in [0.05, 0.1) is 4.92 Å². The second-order valence-electron chi connectivity index (χ2n) is 3.99. The van der Waals surface area contributed by atoms with E-state index in [4.69, 9.17) is 0 Å². The maximum atomic E-state index is 11.1. The molecule has 104 valence electrons. The lowest BCUT2D eigenvalue weighted by Gasteiger charge is -2.07. The molecule has 0 aliphatic rings. The molecular weight excluding hydrogens is 276 g/mol. The molecule has 2 aromatic rings. The molecule has 0 aliphatic heterocycles. The van der Waals surface area contributed by atoms with Gasteiger partial charge in [-0.15, -0.1) is 0 Å². The Hall–Kier alpha value is -2.15. The van der Waals surface area contributed by atoms with Crippen molar-refractivity contribution in [1.82, 2.24) is 9.97 Å². The fourth-order valence-electron chi connectivity index (χ4n) is 1.52. The van der Waals surface area contributed by atoms with E-state index >= 15 is 0 Å². The maximum absolute atomic E-state index is 11.1. The molecule has 7 heteroatoms. The van der Waals surface area contributed by atoms with E-state index in [-0.39, 0.29) is 5.69 Å². The van der Waals surface area contributed by atoms with Crippen LogP contribution in [0.4, 0.5) is 11.5 Å². The maximum Gasteiger partial charge on any atom is 0.301 e. The van der Waals surface area contributed by atoms with Crippen LogP contribution < -0.4 is 5.32 Å². The summed E-state index contributed by atoms with van der Waals surface area (Å²) in [4.78, 5) is 19.7. The van der Waals surface area contributed by atoms with Gasteiger partial charge >= 0.3 is 5.69 Å². The van der Waals surface area contributed by atoms with Gasteiger partial charge in [-0.1, -0.05) is 18.7 Å². The van der Waals surface area contributed by atoms with Crippen molar-refractivity contribution in [1.29, 1.82) is 0 Å². The molecule has 0 radical (unpaired) electrons. The van der Waals surface area contributed by atoms with Crippen molar-refractivity contribution in [3.05, 3.63) is 46.8 Å². The SMILES string of the molecule is CCCNc1ccc([N+](=O)[O-])c(Sc2ccncc2)n1. The van der Waals surface area contributed by atoms with Crippen LogP contribution in [0, 0.1) is 10.1 Å². The molecule has 0 atom stereocenters. The lowest BCUT2D eigenvalue weighted by Crippen LogP contribution is -2.03. The summed E-state index contributed by atoms with van der Waals surface area (Å²) in [6.07, 6.45) is 4.26. The monoisotopic (exact) mass is 290 g/mol. The van der Waals surface area contributed by atoms with Gasteiger partial charge in [0.1, 0.15) is 5.82 Å². The van der Waals surface area contributed by atoms with E-state index in [0.717, 1.165) is 17.9 Å². The summed E-state index contributed by atoms with van der Waals surface area (Å²) < 4.78 is 0. The van der Waals surface area contributed by atoms with Crippen LogP contribution >= 0.6 is 11.8 Å². The molecule has 0 saturated carbocycles. The number of nitrogens with zero attached hydrogens (tertiary/aromatic N) is 3. The largest absolute Gasteiger partial charge is 0.370 e. The first-order valence-electron chi connectivity index (χ1n) is 6.18. The molecule has 2 rings (SSSR count). The second kappa shape index (κ2) is 6.85. The van der Waals surface area contributed by atoms with Crippen LogP contribution in [0.3, 0.4) is 0 Å². The quantitative estimate of drug-likeness (QED) is 0.649. The van der Waals surface area contributed by atoms with Crippen LogP contribution in [0.1, 0.15) is 13.3 Å². The van der Waals surface area contributed by atoms with Crippen LogP contribution in [-0.2, 0) is 0 Å². The van der Waals surface area contributed by atoms with Crippen LogP contribution in [0.5, 0.6) is 0 Å². The molecule has 2 heterocycles. The van der Waals surface area contributed by atoms with Gasteiger partial charge in [0.2, 0.25) is 0 Å². The van der Waals surface area contributed by atoms with Crippen molar-refractivity contribution in [3.63, 3.8) is 0 Å². The Bertz CT molecular complexity index is 592. The fraction of sp³-hybridized carbons (Fsp3) is 0.231. The van der Waals surface area contributed by atoms with Crippen molar-refractivity contribution in [3.8, 4) is 0 Å². The highest BCUT2D eigenvalue weighted by Crippen LogP contribution is 2.33. The van der Waals surface area contributed by atoms with E-state index in [0.29, 0.717) is 10.8 Å². The first-order valence-corrected chi connectivity index (χ1v) is 6.99. The molecule has 0 unspecified atom stereocenters. The summed E-state index contributed by atoms with van der Waals surface area (Å²) in [5.74, 6) is 0.647. The highest BCUT2D eigenvalue weighted by molar-refractivity contribution is 7.99.